The van der Waals surface area contributed by atoms with E-state index in [0.29, 0.717) is 24.3 Å². The van der Waals surface area contributed by atoms with E-state index in [1.165, 1.54) is 18.2 Å². The number of nitrogens with two attached hydrogens (primary N) is 1. The standard InChI is InChI=1S/C19H25N3O3S/c1-19(2,13-20)14-22(3)18(23)15-8-7-9-16(12-15)21-26(24,25)17-10-5-4-6-11-17/h4-12,21H,13-14,20H2,1-3H3. The van der Waals surface area contributed by atoms with E-state index in [9.17, 15) is 13.2 Å². The van der Waals surface area contributed by atoms with Crippen molar-refractivity contribution in [1.29, 1.82) is 0 Å². The molecule has 0 aliphatic rings. The molecule has 0 atom stereocenters. The Bertz CT molecular complexity index is 865. The molecule has 26 heavy (non-hydrogen) atoms. The van der Waals surface area contributed by atoms with Gasteiger partial charge in [-0.1, -0.05) is 38.1 Å². The summed E-state index contributed by atoms with van der Waals surface area (Å²) in [5, 5.41) is 0. The summed E-state index contributed by atoms with van der Waals surface area (Å²) in [6.45, 7) is 4.94. The SMILES string of the molecule is CN(CC(C)(C)CN)C(=O)c1cccc(NS(=O)(=O)c2ccccc2)c1. The van der Waals surface area contributed by atoms with E-state index in [0.717, 1.165) is 0 Å². The molecule has 6 nitrogen and oxygen atoms in total. The van der Waals surface area contributed by atoms with E-state index < -0.39 is 10.0 Å². The van der Waals surface area contributed by atoms with Crippen LogP contribution in [0.25, 0.3) is 0 Å². The normalized spacial score (nSPS) is 11.8. The second kappa shape index (κ2) is 7.88. The fourth-order valence-corrected chi connectivity index (χ4v) is 3.60. The third kappa shape index (κ3) is 5.06. The fraction of sp³-hybridized carbons (Fsp3) is 0.316. The van der Waals surface area contributed by atoms with Crippen LogP contribution in [0.4, 0.5) is 5.69 Å². The van der Waals surface area contributed by atoms with Crippen molar-refractivity contribution in [3.63, 3.8) is 0 Å². The first-order valence-corrected chi connectivity index (χ1v) is 9.76. The lowest BCUT2D eigenvalue weighted by atomic mass is 9.93. The highest BCUT2D eigenvalue weighted by molar-refractivity contribution is 7.92. The summed E-state index contributed by atoms with van der Waals surface area (Å²) >= 11 is 0. The smallest absolute Gasteiger partial charge is 0.261 e. The molecule has 0 heterocycles. The number of benzene rings is 2. The zero-order valence-corrected chi connectivity index (χ0v) is 16.1. The van der Waals surface area contributed by atoms with Crippen LogP contribution < -0.4 is 10.5 Å². The zero-order valence-electron chi connectivity index (χ0n) is 15.3. The van der Waals surface area contributed by atoms with Crippen LogP contribution in [-0.2, 0) is 10.0 Å². The molecule has 0 saturated carbocycles. The van der Waals surface area contributed by atoms with Crippen molar-refractivity contribution in [2.45, 2.75) is 18.7 Å². The molecular formula is C19H25N3O3S. The number of carbonyl (C=O) groups is 1. The van der Waals surface area contributed by atoms with Gasteiger partial charge in [0.2, 0.25) is 0 Å². The fourth-order valence-electron chi connectivity index (χ4n) is 2.53. The third-order valence-corrected chi connectivity index (χ3v) is 5.38. The Morgan fingerprint density at radius 3 is 2.38 bits per heavy atom. The molecule has 2 aromatic rings. The van der Waals surface area contributed by atoms with Crippen molar-refractivity contribution in [1.82, 2.24) is 4.90 Å². The van der Waals surface area contributed by atoms with Gasteiger partial charge in [0, 0.05) is 24.8 Å². The number of sulfonamides is 1. The van der Waals surface area contributed by atoms with Crippen molar-refractivity contribution >= 4 is 21.6 Å². The predicted octanol–water partition coefficient (Wildman–Crippen LogP) is 2.54. The van der Waals surface area contributed by atoms with Crippen molar-refractivity contribution in [3.05, 3.63) is 60.2 Å². The number of hydrogen-bond acceptors (Lipinski definition) is 4. The van der Waals surface area contributed by atoms with Crippen molar-refractivity contribution in [3.8, 4) is 0 Å². The summed E-state index contributed by atoms with van der Waals surface area (Å²) in [6.07, 6.45) is 0. The topological polar surface area (TPSA) is 92.5 Å². The minimum absolute atomic E-state index is 0.165. The molecule has 3 N–H and O–H groups in total. The van der Waals surface area contributed by atoms with Crippen LogP contribution in [0.2, 0.25) is 0 Å². The Hall–Kier alpha value is -2.38. The number of nitrogens with one attached hydrogen (secondary N) is 1. The number of nitrogens with zero attached hydrogens (tertiary/aromatic N) is 1. The minimum Gasteiger partial charge on any atom is -0.341 e. The van der Waals surface area contributed by atoms with Crippen LogP contribution >= 0.6 is 0 Å². The maximum Gasteiger partial charge on any atom is 0.261 e. The Balaban J connectivity index is 2.19. The summed E-state index contributed by atoms with van der Waals surface area (Å²) in [4.78, 5) is 14.4. The summed E-state index contributed by atoms with van der Waals surface area (Å²) in [6, 6.07) is 14.5. The van der Waals surface area contributed by atoms with E-state index in [4.69, 9.17) is 5.73 Å². The lowest BCUT2D eigenvalue weighted by Crippen LogP contribution is -2.39. The highest BCUT2D eigenvalue weighted by atomic mass is 32.2. The molecule has 0 unspecified atom stereocenters. The molecule has 0 saturated heterocycles. The Morgan fingerprint density at radius 1 is 1.12 bits per heavy atom. The molecule has 0 aromatic heterocycles. The second-order valence-electron chi connectivity index (χ2n) is 7.03. The van der Waals surface area contributed by atoms with Crippen LogP contribution in [-0.4, -0.2) is 39.4 Å². The lowest BCUT2D eigenvalue weighted by molar-refractivity contribution is 0.0740. The summed E-state index contributed by atoms with van der Waals surface area (Å²) in [5.74, 6) is -0.188. The van der Waals surface area contributed by atoms with E-state index >= 15 is 0 Å². The van der Waals surface area contributed by atoms with Gasteiger partial charge in [0.05, 0.1) is 4.90 Å². The van der Waals surface area contributed by atoms with Gasteiger partial charge in [-0.25, -0.2) is 8.42 Å². The van der Waals surface area contributed by atoms with Crippen LogP contribution in [0.15, 0.2) is 59.5 Å². The molecule has 1 amide bonds. The zero-order chi connectivity index (χ0) is 19.4. The van der Waals surface area contributed by atoms with E-state index in [2.05, 4.69) is 4.72 Å². The Kier molecular flexibility index (Phi) is 6.05. The number of rotatable bonds is 7. The van der Waals surface area contributed by atoms with Gasteiger partial charge < -0.3 is 10.6 Å². The van der Waals surface area contributed by atoms with Gasteiger partial charge in [-0.05, 0) is 42.3 Å². The van der Waals surface area contributed by atoms with Crippen LogP contribution in [0.5, 0.6) is 0 Å². The maximum atomic E-state index is 12.6. The first kappa shape index (κ1) is 19.9. The van der Waals surface area contributed by atoms with Gasteiger partial charge >= 0.3 is 0 Å². The number of amides is 1. The average Bonchev–Trinajstić information content (AvgIpc) is 2.61. The maximum absolute atomic E-state index is 12.6. The van der Waals surface area contributed by atoms with E-state index in [1.807, 2.05) is 13.8 Å². The molecule has 2 rings (SSSR count). The molecule has 0 spiro atoms. The van der Waals surface area contributed by atoms with Crippen LogP contribution in [0.3, 0.4) is 0 Å². The Labute approximate surface area is 155 Å². The molecule has 0 bridgehead atoms. The summed E-state index contributed by atoms with van der Waals surface area (Å²) in [7, 11) is -1.99. The predicted molar refractivity (Wildman–Crippen MR) is 103 cm³/mol. The molecule has 7 heteroatoms. The van der Waals surface area contributed by atoms with Gasteiger partial charge in [0.25, 0.3) is 15.9 Å². The number of carbonyl (C=O) groups excluding carboxylic acids is 1. The number of anilines is 1. The van der Waals surface area contributed by atoms with Crippen molar-refractivity contribution < 1.29 is 13.2 Å². The first-order chi connectivity index (χ1) is 12.1. The summed E-state index contributed by atoms with van der Waals surface area (Å²) < 4.78 is 27.4. The largest absolute Gasteiger partial charge is 0.341 e. The molecule has 140 valence electrons. The van der Waals surface area contributed by atoms with E-state index in [-0.39, 0.29) is 16.2 Å². The molecule has 0 aliphatic carbocycles. The van der Waals surface area contributed by atoms with Crippen molar-refractivity contribution in [2.75, 3.05) is 24.9 Å². The van der Waals surface area contributed by atoms with Gasteiger partial charge in [0.15, 0.2) is 0 Å². The molecule has 0 aliphatic heterocycles. The Morgan fingerprint density at radius 2 is 1.77 bits per heavy atom. The van der Waals surface area contributed by atoms with Crippen LogP contribution in [0.1, 0.15) is 24.2 Å². The highest BCUT2D eigenvalue weighted by Gasteiger charge is 2.22. The first-order valence-electron chi connectivity index (χ1n) is 8.28. The van der Waals surface area contributed by atoms with Gasteiger partial charge in [-0.15, -0.1) is 0 Å². The minimum atomic E-state index is -3.70. The number of hydrogen-bond donors (Lipinski definition) is 2. The van der Waals surface area contributed by atoms with Gasteiger partial charge in [-0.3, -0.25) is 9.52 Å². The molecule has 0 radical (unpaired) electrons. The lowest BCUT2D eigenvalue weighted by Gasteiger charge is -2.29. The quantitative estimate of drug-likeness (QED) is 0.778. The monoisotopic (exact) mass is 375 g/mol. The highest BCUT2D eigenvalue weighted by Crippen LogP contribution is 2.19. The molecule has 0 fully saturated rings. The van der Waals surface area contributed by atoms with Crippen LogP contribution in [0, 0.1) is 5.41 Å². The third-order valence-electron chi connectivity index (χ3n) is 3.98. The van der Waals surface area contributed by atoms with Crippen molar-refractivity contribution in [2.24, 2.45) is 11.1 Å². The van der Waals surface area contributed by atoms with Gasteiger partial charge in [0.1, 0.15) is 0 Å². The summed E-state index contributed by atoms with van der Waals surface area (Å²) in [5.41, 5.74) is 6.28. The molecule has 2 aromatic carbocycles. The van der Waals surface area contributed by atoms with E-state index in [1.54, 1.807) is 48.3 Å². The van der Waals surface area contributed by atoms with Gasteiger partial charge in [-0.2, -0.15) is 0 Å². The molecular weight excluding hydrogens is 350 g/mol. The average molecular weight is 375 g/mol. The second-order valence-corrected chi connectivity index (χ2v) is 8.71.